The van der Waals surface area contributed by atoms with E-state index >= 15 is 0 Å². The Balaban J connectivity index is 3.94. The van der Waals surface area contributed by atoms with E-state index in [2.05, 4.69) is 31.2 Å². The van der Waals surface area contributed by atoms with Crippen molar-refractivity contribution in [1.29, 1.82) is 0 Å². The molecule has 0 aliphatic heterocycles. The van der Waals surface area contributed by atoms with E-state index in [1.807, 2.05) is 21.1 Å². The van der Waals surface area contributed by atoms with Crippen molar-refractivity contribution in [1.82, 2.24) is 0 Å². The number of allylic oxidation sites excluding steroid dienone is 4. The molecule has 5 nitrogen and oxygen atoms in total. The number of unbranched alkanes of at least 4 members (excludes halogenated alkanes) is 7. The maximum Gasteiger partial charge on any atom is 0.362 e. The topological polar surface area (TPSA) is 77.8 Å². The van der Waals surface area contributed by atoms with E-state index in [0.717, 1.165) is 25.7 Å². The average Bonchev–Trinajstić information content (AvgIpc) is 2.52. The molecule has 0 radical (unpaired) electrons. The van der Waals surface area contributed by atoms with Crippen LogP contribution < -0.4 is 0 Å². The van der Waals surface area contributed by atoms with Crippen LogP contribution >= 0.6 is 7.60 Å². The Labute approximate surface area is 166 Å². The van der Waals surface area contributed by atoms with Gasteiger partial charge in [0.2, 0.25) is 5.34 Å². The average molecular weight is 405 g/mol. The molecule has 0 aromatic heterocycles. The highest BCUT2D eigenvalue weighted by Crippen LogP contribution is 2.52. The molecule has 0 aromatic carbocycles. The van der Waals surface area contributed by atoms with E-state index in [-0.39, 0.29) is 13.0 Å². The van der Waals surface area contributed by atoms with Crippen LogP contribution in [0.2, 0.25) is 0 Å². The highest BCUT2D eigenvalue weighted by Gasteiger charge is 2.48. The van der Waals surface area contributed by atoms with Gasteiger partial charge in [-0.3, -0.25) is 4.57 Å². The van der Waals surface area contributed by atoms with Crippen molar-refractivity contribution < 1.29 is 23.9 Å². The Kier molecular flexibility index (Phi) is 13.5. The van der Waals surface area contributed by atoms with Crippen molar-refractivity contribution >= 4 is 7.60 Å². The summed E-state index contributed by atoms with van der Waals surface area (Å²) in [6.07, 6.45) is 19.7. The van der Waals surface area contributed by atoms with Crippen molar-refractivity contribution in [2.45, 2.75) is 82.9 Å². The molecule has 1 atom stereocenters. The molecule has 160 valence electrons. The van der Waals surface area contributed by atoms with Crippen LogP contribution in [0.1, 0.15) is 77.6 Å². The minimum atomic E-state index is -4.56. The van der Waals surface area contributed by atoms with Gasteiger partial charge in [-0.1, -0.05) is 50.5 Å². The van der Waals surface area contributed by atoms with Gasteiger partial charge in [-0.2, -0.15) is 0 Å². The first kappa shape index (κ1) is 26.6. The molecule has 1 unspecified atom stereocenters. The van der Waals surface area contributed by atoms with Crippen LogP contribution in [0.3, 0.4) is 0 Å². The zero-order valence-electron chi connectivity index (χ0n) is 17.9. The molecule has 0 heterocycles. The maximum absolute atomic E-state index is 11.7. The van der Waals surface area contributed by atoms with Gasteiger partial charge >= 0.3 is 7.60 Å². The van der Waals surface area contributed by atoms with E-state index in [1.165, 1.54) is 32.1 Å². The van der Waals surface area contributed by atoms with Crippen molar-refractivity contribution in [2.24, 2.45) is 0 Å². The molecule has 0 spiro atoms. The monoisotopic (exact) mass is 404 g/mol. The minimum absolute atomic E-state index is 0.0396. The molecule has 0 aliphatic carbocycles. The summed E-state index contributed by atoms with van der Waals surface area (Å²) in [5.74, 6) is 0. The molecule has 0 fully saturated rings. The third-order valence-corrected chi connectivity index (χ3v) is 5.97. The second kappa shape index (κ2) is 13.7. The summed E-state index contributed by atoms with van der Waals surface area (Å²) in [5, 5.41) is 8.54. The standard InChI is InChI=1S/C21H42NO4P/c1-5-6-7-8-9-10-11-12-13-14-15-16-17-18-19-21(23,27(24,25)26)20-22(2,3)4/h10-11,14-15,23H,5-9,12-13,16-20H2,1-4H3,(H-,24,25,26)/p+1/b11-10-,15-14-. The van der Waals surface area contributed by atoms with Crippen LogP contribution in [0.25, 0.3) is 0 Å². The first-order chi connectivity index (χ1) is 12.5. The van der Waals surface area contributed by atoms with Crippen molar-refractivity contribution in [3.05, 3.63) is 24.3 Å². The number of aliphatic hydroxyl groups is 1. The molecular weight excluding hydrogens is 361 g/mol. The SMILES string of the molecule is CCCCCC/C=C\CC/C=C\CCCCC(O)(C[N+](C)(C)C)P(=O)(O)O. The molecule has 27 heavy (non-hydrogen) atoms. The van der Waals surface area contributed by atoms with Crippen LogP contribution in [-0.2, 0) is 4.57 Å². The molecule has 0 rings (SSSR count). The fraction of sp³-hybridized carbons (Fsp3) is 0.810. The van der Waals surface area contributed by atoms with Crippen molar-refractivity contribution in [3.8, 4) is 0 Å². The maximum atomic E-state index is 11.7. The Bertz CT molecular complexity index is 479. The summed E-state index contributed by atoms with van der Waals surface area (Å²) >= 11 is 0. The fourth-order valence-electron chi connectivity index (χ4n) is 3.10. The number of likely N-dealkylation sites (N-methyl/N-ethyl adjacent to an activating group) is 1. The molecule has 3 N–H and O–H groups in total. The summed E-state index contributed by atoms with van der Waals surface area (Å²) in [4.78, 5) is 19.1. The van der Waals surface area contributed by atoms with Crippen LogP contribution in [0, 0.1) is 0 Å². The van der Waals surface area contributed by atoms with Gasteiger partial charge in [0.05, 0.1) is 21.1 Å². The lowest BCUT2D eigenvalue weighted by Gasteiger charge is -2.35. The van der Waals surface area contributed by atoms with Crippen molar-refractivity contribution in [3.63, 3.8) is 0 Å². The molecule has 0 saturated carbocycles. The van der Waals surface area contributed by atoms with E-state index < -0.39 is 12.9 Å². The van der Waals surface area contributed by atoms with Crippen LogP contribution in [0.5, 0.6) is 0 Å². The first-order valence-corrected chi connectivity index (χ1v) is 12.0. The Morgan fingerprint density at radius 2 is 1.30 bits per heavy atom. The normalized spacial score (nSPS) is 15.7. The van der Waals surface area contributed by atoms with Crippen molar-refractivity contribution in [2.75, 3.05) is 27.7 Å². The number of quaternary nitrogens is 1. The van der Waals surface area contributed by atoms with Crippen LogP contribution in [0.15, 0.2) is 24.3 Å². The van der Waals surface area contributed by atoms with Gasteiger partial charge in [0.15, 0.2) is 0 Å². The molecule has 6 heteroatoms. The lowest BCUT2D eigenvalue weighted by molar-refractivity contribution is -0.875. The van der Waals surface area contributed by atoms with Gasteiger partial charge in [0.1, 0.15) is 6.54 Å². The van der Waals surface area contributed by atoms with E-state index in [4.69, 9.17) is 0 Å². The second-order valence-corrected chi connectivity index (χ2v) is 10.5. The lowest BCUT2D eigenvalue weighted by Crippen LogP contribution is -2.49. The smallest absolute Gasteiger partial charge is 0.362 e. The van der Waals surface area contributed by atoms with E-state index in [9.17, 15) is 19.5 Å². The third kappa shape index (κ3) is 14.2. The van der Waals surface area contributed by atoms with Gasteiger partial charge in [-0.15, -0.1) is 0 Å². The highest BCUT2D eigenvalue weighted by atomic mass is 31.2. The number of rotatable bonds is 16. The lowest BCUT2D eigenvalue weighted by atomic mass is 10.1. The summed E-state index contributed by atoms with van der Waals surface area (Å²) < 4.78 is 12.0. The van der Waals surface area contributed by atoms with Crippen LogP contribution in [-0.4, -0.2) is 52.4 Å². The molecule has 0 bridgehead atoms. The zero-order chi connectivity index (χ0) is 20.8. The quantitative estimate of drug-likeness (QED) is 0.147. The Hall–Kier alpha value is -0.450. The van der Waals surface area contributed by atoms with Gasteiger partial charge in [-0.05, 0) is 51.4 Å². The summed E-state index contributed by atoms with van der Waals surface area (Å²) in [5.41, 5.74) is 0. The second-order valence-electron chi connectivity index (χ2n) is 8.59. The molecule has 0 amide bonds. The zero-order valence-corrected chi connectivity index (χ0v) is 18.8. The molecule has 0 aliphatic rings. The number of hydrogen-bond acceptors (Lipinski definition) is 2. The molecular formula is C21H43NO4P+. The van der Waals surface area contributed by atoms with Gasteiger partial charge < -0.3 is 19.4 Å². The van der Waals surface area contributed by atoms with Gasteiger partial charge in [0, 0.05) is 0 Å². The van der Waals surface area contributed by atoms with Gasteiger partial charge in [-0.25, -0.2) is 0 Å². The molecule has 0 aromatic rings. The summed E-state index contributed by atoms with van der Waals surface area (Å²) in [6, 6.07) is 0. The van der Waals surface area contributed by atoms with Crippen LogP contribution in [0.4, 0.5) is 0 Å². The first-order valence-electron chi connectivity index (χ1n) is 10.4. The van der Waals surface area contributed by atoms with E-state index in [0.29, 0.717) is 10.9 Å². The predicted octanol–water partition coefficient (Wildman–Crippen LogP) is 4.98. The Morgan fingerprint density at radius 1 is 0.815 bits per heavy atom. The summed E-state index contributed by atoms with van der Waals surface area (Å²) in [7, 11) is 0.911. The summed E-state index contributed by atoms with van der Waals surface area (Å²) in [6.45, 7) is 2.27. The molecule has 0 saturated heterocycles. The highest BCUT2D eigenvalue weighted by molar-refractivity contribution is 7.53. The minimum Gasteiger partial charge on any atom is -0.373 e. The number of nitrogens with zero attached hydrogens (tertiary/aromatic N) is 1. The predicted molar refractivity (Wildman–Crippen MR) is 115 cm³/mol. The fourth-order valence-corrected chi connectivity index (χ4v) is 4.16. The largest absolute Gasteiger partial charge is 0.373 e. The Morgan fingerprint density at radius 3 is 1.74 bits per heavy atom. The van der Waals surface area contributed by atoms with E-state index in [1.54, 1.807) is 0 Å². The van der Waals surface area contributed by atoms with Gasteiger partial charge in [0.25, 0.3) is 0 Å². The third-order valence-electron chi connectivity index (χ3n) is 4.53. The number of hydrogen-bond donors (Lipinski definition) is 3.